The third kappa shape index (κ3) is 3.66. The third-order valence-electron chi connectivity index (χ3n) is 5.19. The Hall–Kier alpha value is -0.320. The highest BCUT2D eigenvalue weighted by Crippen LogP contribution is 2.37. The molecule has 0 aromatic carbocycles. The van der Waals surface area contributed by atoms with Gasteiger partial charge in [0.1, 0.15) is 0 Å². The lowest BCUT2D eigenvalue weighted by atomic mass is 9.79. The molecule has 3 aliphatic rings. The molecule has 1 N–H and O–H groups in total. The van der Waals surface area contributed by atoms with Gasteiger partial charge in [-0.2, -0.15) is 0 Å². The van der Waals surface area contributed by atoms with Gasteiger partial charge in [-0.1, -0.05) is 6.42 Å². The third-order valence-corrected chi connectivity index (χ3v) is 5.19. The average Bonchev–Trinajstić information content (AvgIpc) is 2.83. The van der Waals surface area contributed by atoms with Gasteiger partial charge < -0.3 is 10.2 Å². The fourth-order valence-corrected chi connectivity index (χ4v) is 3.80. The molecule has 2 heterocycles. The number of amides is 1. The van der Waals surface area contributed by atoms with Crippen molar-refractivity contribution in [3.8, 4) is 0 Å². The number of nitrogens with zero attached hydrogens (tertiary/aromatic N) is 2. The molecule has 116 valence electrons. The van der Waals surface area contributed by atoms with Crippen molar-refractivity contribution in [1.29, 1.82) is 0 Å². The van der Waals surface area contributed by atoms with Crippen molar-refractivity contribution in [1.82, 2.24) is 15.1 Å². The largest absolute Gasteiger partial charge is 0.340 e. The Morgan fingerprint density at radius 3 is 2.45 bits per heavy atom. The Kier molecular flexibility index (Phi) is 6.12. The smallest absolute Gasteiger partial charge is 0.223 e. The molecule has 0 aromatic rings. The lowest BCUT2D eigenvalue weighted by Gasteiger charge is -2.37. The second-order valence-electron chi connectivity index (χ2n) is 6.32. The zero-order chi connectivity index (χ0) is 13.1. The van der Waals surface area contributed by atoms with Gasteiger partial charge in [-0.25, -0.2) is 0 Å². The zero-order valence-electron chi connectivity index (χ0n) is 12.4. The van der Waals surface area contributed by atoms with Crippen LogP contribution in [0.25, 0.3) is 0 Å². The van der Waals surface area contributed by atoms with Crippen LogP contribution in [0.2, 0.25) is 0 Å². The van der Waals surface area contributed by atoms with E-state index in [0.29, 0.717) is 5.91 Å². The van der Waals surface area contributed by atoms with Crippen LogP contribution in [0, 0.1) is 5.92 Å². The number of nitrogens with one attached hydrogen (secondary N) is 1. The molecule has 5 heteroatoms. The van der Waals surface area contributed by atoms with Crippen molar-refractivity contribution in [2.24, 2.45) is 5.92 Å². The molecule has 0 spiro atoms. The summed E-state index contributed by atoms with van der Waals surface area (Å²) in [5, 5.41) is 3.30. The van der Waals surface area contributed by atoms with E-state index in [9.17, 15) is 4.79 Å². The van der Waals surface area contributed by atoms with E-state index in [2.05, 4.69) is 10.2 Å². The Balaban J connectivity index is 0.00000147. The molecule has 1 aliphatic carbocycles. The molecule has 0 aromatic heterocycles. The van der Waals surface area contributed by atoms with Gasteiger partial charge in [0.05, 0.1) is 0 Å². The van der Waals surface area contributed by atoms with E-state index in [1.165, 1.54) is 38.6 Å². The van der Waals surface area contributed by atoms with Crippen LogP contribution in [0.5, 0.6) is 0 Å². The number of likely N-dealkylation sites (tertiary alicyclic amines) is 1. The summed E-state index contributed by atoms with van der Waals surface area (Å²) in [6.07, 6.45) is 7.70. The maximum atomic E-state index is 12.2. The zero-order valence-corrected chi connectivity index (χ0v) is 13.2. The minimum atomic E-state index is 0. The van der Waals surface area contributed by atoms with Crippen LogP contribution in [0.15, 0.2) is 0 Å². The highest BCUT2D eigenvalue weighted by Gasteiger charge is 2.34. The van der Waals surface area contributed by atoms with Gasteiger partial charge >= 0.3 is 0 Å². The fraction of sp³-hybridized carbons (Fsp3) is 0.933. The highest BCUT2D eigenvalue weighted by atomic mass is 35.5. The summed E-state index contributed by atoms with van der Waals surface area (Å²) in [6.45, 7) is 5.91. The molecule has 1 atom stereocenters. The van der Waals surface area contributed by atoms with E-state index < -0.39 is 0 Å². The summed E-state index contributed by atoms with van der Waals surface area (Å²) in [7, 11) is 0. The van der Waals surface area contributed by atoms with E-state index in [1.807, 2.05) is 4.90 Å². The van der Waals surface area contributed by atoms with Crippen molar-refractivity contribution in [3.63, 3.8) is 0 Å². The van der Waals surface area contributed by atoms with Gasteiger partial charge in [-0.15, -0.1) is 12.4 Å². The van der Waals surface area contributed by atoms with Gasteiger partial charge in [0.15, 0.2) is 0 Å². The van der Waals surface area contributed by atoms with Crippen molar-refractivity contribution < 1.29 is 4.79 Å². The number of hydrogen-bond acceptors (Lipinski definition) is 3. The number of piperazine rings is 1. The van der Waals surface area contributed by atoms with E-state index in [-0.39, 0.29) is 12.4 Å². The molecule has 1 saturated carbocycles. The second kappa shape index (κ2) is 7.62. The maximum Gasteiger partial charge on any atom is 0.223 e. The standard InChI is InChI=1S/C15H27N3O.ClH/c19-15(18-11-7-16-8-12-18)6-10-17-9-2-5-14(17)13-3-1-4-13;/h13-14,16H,1-12H2;1H. The second-order valence-corrected chi connectivity index (χ2v) is 6.32. The fourth-order valence-electron chi connectivity index (χ4n) is 3.80. The summed E-state index contributed by atoms with van der Waals surface area (Å²) in [5.41, 5.74) is 0. The van der Waals surface area contributed by atoms with Crippen LogP contribution in [0.4, 0.5) is 0 Å². The van der Waals surface area contributed by atoms with Crippen molar-refractivity contribution in [3.05, 3.63) is 0 Å². The van der Waals surface area contributed by atoms with Crippen molar-refractivity contribution in [2.75, 3.05) is 39.3 Å². The van der Waals surface area contributed by atoms with Crippen molar-refractivity contribution in [2.45, 2.75) is 44.6 Å². The maximum absolute atomic E-state index is 12.2. The number of carbonyl (C=O) groups excluding carboxylic acids is 1. The highest BCUT2D eigenvalue weighted by molar-refractivity contribution is 5.85. The monoisotopic (exact) mass is 301 g/mol. The average molecular weight is 302 g/mol. The van der Waals surface area contributed by atoms with Crippen LogP contribution < -0.4 is 5.32 Å². The molecule has 2 saturated heterocycles. The molecule has 3 rings (SSSR count). The van der Waals surface area contributed by atoms with E-state index >= 15 is 0 Å². The summed E-state index contributed by atoms with van der Waals surface area (Å²) in [4.78, 5) is 16.8. The van der Waals surface area contributed by atoms with Crippen LogP contribution in [-0.2, 0) is 4.79 Å². The molecule has 2 aliphatic heterocycles. The molecule has 20 heavy (non-hydrogen) atoms. The summed E-state index contributed by atoms with van der Waals surface area (Å²) < 4.78 is 0. The van der Waals surface area contributed by atoms with Gasteiger partial charge in [-0.3, -0.25) is 9.69 Å². The number of halogens is 1. The first kappa shape index (κ1) is 16.1. The van der Waals surface area contributed by atoms with Gasteiger partial charge in [-0.05, 0) is 38.1 Å². The van der Waals surface area contributed by atoms with Gasteiger partial charge in [0, 0.05) is 45.2 Å². The number of rotatable bonds is 4. The molecule has 3 fully saturated rings. The van der Waals surface area contributed by atoms with Gasteiger partial charge in [0.25, 0.3) is 0 Å². The van der Waals surface area contributed by atoms with Gasteiger partial charge in [0.2, 0.25) is 5.91 Å². The first-order chi connectivity index (χ1) is 9.34. The quantitative estimate of drug-likeness (QED) is 0.855. The molecule has 1 amide bonds. The SMILES string of the molecule is Cl.O=C(CCN1CCCC1C1CCC1)N1CCNCC1. The minimum absolute atomic E-state index is 0. The Morgan fingerprint density at radius 2 is 1.80 bits per heavy atom. The topological polar surface area (TPSA) is 35.6 Å². The molecular formula is C15H28ClN3O. The predicted molar refractivity (Wildman–Crippen MR) is 83.3 cm³/mol. The van der Waals surface area contributed by atoms with Crippen LogP contribution >= 0.6 is 12.4 Å². The number of carbonyl (C=O) groups is 1. The van der Waals surface area contributed by atoms with Crippen LogP contribution in [0.1, 0.15) is 38.5 Å². The number of hydrogen-bond donors (Lipinski definition) is 1. The van der Waals surface area contributed by atoms with E-state index in [0.717, 1.165) is 51.1 Å². The lowest BCUT2D eigenvalue weighted by Crippen LogP contribution is -2.47. The first-order valence-electron chi connectivity index (χ1n) is 8.07. The van der Waals surface area contributed by atoms with E-state index in [4.69, 9.17) is 0 Å². The van der Waals surface area contributed by atoms with E-state index in [1.54, 1.807) is 0 Å². The molecule has 1 unspecified atom stereocenters. The molecule has 4 nitrogen and oxygen atoms in total. The van der Waals surface area contributed by atoms with Crippen molar-refractivity contribution >= 4 is 18.3 Å². The summed E-state index contributed by atoms with van der Waals surface area (Å²) in [5.74, 6) is 1.30. The normalized spacial score (nSPS) is 28.0. The lowest BCUT2D eigenvalue weighted by molar-refractivity contribution is -0.132. The van der Waals surface area contributed by atoms with Crippen LogP contribution in [-0.4, -0.2) is 61.0 Å². The Bertz CT molecular complexity index is 316. The predicted octanol–water partition coefficient (Wildman–Crippen LogP) is 1.49. The molecule has 0 radical (unpaired) electrons. The first-order valence-corrected chi connectivity index (χ1v) is 8.07. The minimum Gasteiger partial charge on any atom is -0.340 e. The Labute approximate surface area is 128 Å². The summed E-state index contributed by atoms with van der Waals surface area (Å²) >= 11 is 0. The molecular weight excluding hydrogens is 274 g/mol. The molecule has 0 bridgehead atoms. The summed E-state index contributed by atoms with van der Waals surface area (Å²) in [6, 6.07) is 0.796. The Morgan fingerprint density at radius 1 is 1.05 bits per heavy atom. The van der Waals surface area contributed by atoms with Crippen LogP contribution in [0.3, 0.4) is 0 Å².